The van der Waals surface area contributed by atoms with Gasteiger partial charge in [0.15, 0.2) is 11.9 Å². The molecule has 0 radical (unpaired) electrons. The number of rotatable bonds is 3. The minimum Gasteiger partial charge on any atom is -0.455 e. The first-order valence-electron chi connectivity index (χ1n) is 5.46. The second-order valence-corrected chi connectivity index (χ2v) is 4.31. The molecule has 18 heavy (non-hydrogen) atoms. The number of halogens is 1. The smallest absolute Gasteiger partial charge is 0.303 e. The standard InChI is InChI=1S/C13H12ClNO3/c1-8(17-9(2)16)13-7-12(15-18-13)10-3-5-11(14)6-4-10/h3-8H,1-2H3/t8-/m1/s1. The topological polar surface area (TPSA) is 52.3 Å². The van der Waals surface area contributed by atoms with Gasteiger partial charge in [0.2, 0.25) is 0 Å². The number of benzene rings is 1. The Morgan fingerprint density at radius 2 is 2.06 bits per heavy atom. The van der Waals surface area contributed by atoms with Crippen LogP contribution in [-0.2, 0) is 9.53 Å². The fourth-order valence-corrected chi connectivity index (χ4v) is 1.67. The molecule has 1 aromatic heterocycles. The van der Waals surface area contributed by atoms with Crippen LogP contribution in [0.5, 0.6) is 0 Å². The average Bonchev–Trinajstić information content (AvgIpc) is 2.78. The molecule has 5 heteroatoms. The summed E-state index contributed by atoms with van der Waals surface area (Å²) in [5, 5.41) is 4.60. The molecule has 0 aliphatic rings. The van der Waals surface area contributed by atoms with E-state index in [2.05, 4.69) is 5.16 Å². The highest BCUT2D eigenvalue weighted by Crippen LogP contribution is 2.25. The number of carbonyl (C=O) groups is 1. The summed E-state index contributed by atoms with van der Waals surface area (Å²) in [7, 11) is 0. The van der Waals surface area contributed by atoms with Crippen LogP contribution in [0.15, 0.2) is 34.9 Å². The molecule has 2 aromatic rings. The third kappa shape index (κ3) is 2.90. The highest BCUT2D eigenvalue weighted by Gasteiger charge is 2.15. The van der Waals surface area contributed by atoms with E-state index >= 15 is 0 Å². The summed E-state index contributed by atoms with van der Waals surface area (Å²) < 4.78 is 10.2. The van der Waals surface area contributed by atoms with Crippen molar-refractivity contribution in [2.45, 2.75) is 20.0 Å². The maximum atomic E-state index is 10.8. The molecule has 94 valence electrons. The first-order valence-corrected chi connectivity index (χ1v) is 5.84. The van der Waals surface area contributed by atoms with E-state index in [1.165, 1.54) is 6.92 Å². The largest absolute Gasteiger partial charge is 0.455 e. The summed E-state index contributed by atoms with van der Waals surface area (Å²) in [6, 6.07) is 9.00. The van der Waals surface area contributed by atoms with E-state index in [0.29, 0.717) is 16.5 Å². The van der Waals surface area contributed by atoms with Crippen LogP contribution < -0.4 is 0 Å². The van der Waals surface area contributed by atoms with Crippen molar-refractivity contribution in [2.24, 2.45) is 0 Å². The zero-order valence-corrected chi connectivity index (χ0v) is 10.8. The fourth-order valence-electron chi connectivity index (χ4n) is 1.54. The number of hydrogen-bond acceptors (Lipinski definition) is 4. The molecule has 4 nitrogen and oxygen atoms in total. The SMILES string of the molecule is CC(=O)O[C@H](C)c1cc(-c2ccc(Cl)cc2)no1. The second kappa shape index (κ2) is 5.23. The van der Waals surface area contributed by atoms with Gasteiger partial charge in [-0.15, -0.1) is 0 Å². The zero-order valence-electron chi connectivity index (χ0n) is 10.0. The third-order valence-corrected chi connectivity index (χ3v) is 2.66. The first kappa shape index (κ1) is 12.6. The van der Waals surface area contributed by atoms with E-state index in [1.807, 2.05) is 12.1 Å². The molecule has 0 N–H and O–H groups in total. The lowest BCUT2D eigenvalue weighted by atomic mass is 10.1. The van der Waals surface area contributed by atoms with Crippen molar-refractivity contribution in [2.75, 3.05) is 0 Å². The maximum Gasteiger partial charge on any atom is 0.303 e. The monoisotopic (exact) mass is 265 g/mol. The van der Waals surface area contributed by atoms with Crippen LogP contribution in [0.25, 0.3) is 11.3 Å². The van der Waals surface area contributed by atoms with Crippen molar-refractivity contribution in [3.05, 3.63) is 41.1 Å². The van der Waals surface area contributed by atoms with Gasteiger partial charge in [-0.1, -0.05) is 28.9 Å². The minimum atomic E-state index is -0.448. The van der Waals surface area contributed by atoms with Gasteiger partial charge in [-0.05, 0) is 19.1 Å². The van der Waals surface area contributed by atoms with Crippen LogP contribution >= 0.6 is 11.6 Å². The van der Waals surface area contributed by atoms with Gasteiger partial charge in [0.25, 0.3) is 0 Å². The third-order valence-electron chi connectivity index (χ3n) is 2.41. The van der Waals surface area contributed by atoms with Gasteiger partial charge >= 0.3 is 5.97 Å². The lowest BCUT2D eigenvalue weighted by Gasteiger charge is -2.06. The Balaban J connectivity index is 2.19. The highest BCUT2D eigenvalue weighted by molar-refractivity contribution is 6.30. The van der Waals surface area contributed by atoms with Crippen molar-refractivity contribution >= 4 is 17.6 Å². The summed E-state index contributed by atoms with van der Waals surface area (Å²) in [4.78, 5) is 10.8. The fraction of sp³-hybridized carbons (Fsp3) is 0.231. The first-order chi connectivity index (χ1) is 8.56. The van der Waals surface area contributed by atoms with Gasteiger partial charge in [0, 0.05) is 23.6 Å². The number of aromatic nitrogens is 1. The minimum absolute atomic E-state index is 0.355. The Kier molecular flexibility index (Phi) is 3.67. The average molecular weight is 266 g/mol. The molecule has 0 saturated heterocycles. The van der Waals surface area contributed by atoms with E-state index in [9.17, 15) is 4.79 Å². The van der Waals surface area contributed by atoms with Gasteiger partial charge in [0.1, 0.15) is 5.69 Å². The van der Waals surface area contributed by atoms with E-state index in [0.717, 1.165) is 5.56 Å². The number of carbonyl (C=O) groups excluding carboxylic acids is 1. The summed E-state index contributed by atoms with van der Waals surface area (Å²) in [6.07, 6.45) is -0.448. The van der Waals surface area contributed by atoms with Crippen LogP contribution in [0.1, 0.15) is 25.7 Å². The molecule has 0 unspecified atom stereocenters. The summed E-state index contributed by atoms with van der Waals surface area (Å²) in [5.74, 6) is 0.155. The van der Waals surface area contributed by atoms with Crippen LogP contribution in [0.3, 0.4) is 0 Å². The van der Waals surface area contributed by atoms with Crippen molar-refractivity contribution in [1.29, 1.82) is 0 Å². The summed E-state index contributed by atoms with van der Waals surface area (Å²) in [5.41, 5.74) is 1.57. The molecule has 0 bridgehead atoms. The Morgan fingerprint density at radius 1 is 1.39 bits per heavy atom. The number of nitrogens with zero attached hydrogens (tertiary/aromatic N) is 1. The molecule has 0 saturated carbocycles. The molecule has 2 rings (SSSR count). The normalized spacial score (nSPS) is 12.2. The lowest BCUT2D eigenvalue weighted by Crippen LogP contribution is -2.03. The lowest BCUT2D eigenvalue weighted by molar-refractivity contribution is -0.146. The quantitative estimate of drug-likeness (QED) is 0.796. The van der Waals surface area contributed by atoms with Crippen molar-refractivity contribution in [3.8, 4) is 11.3 Å². The van der Waals surface area contributed by atoms with E-state index < -0.39 is 6.10 Å². The van der Waals surface area contributed by atoms with Crippen molar-refractivity contribution < 1.29 is 14.1 Å². The maximum absolute atomic E-state index is 10.8. The van der Waals surface area contributed by atoms with Gasteiger partial charge in [0.05, 0.1) is 0 Å². The Labute approximate surface area is 109 Å². The van der Waals surface area contributed by atoms with Gasteiger partial charge < -0.3 is 9.26 Å². The predicted molar refractivity (Wildman–Crippen MR) is 67.1 cm³/mol. The number of esters is 1. The van der Waals surface area contributed by atoms with Crippen LogP contribution in [0, 0.1) is 0 Å². The van der Waals surface area contributed by atoms with Gasteiger partial charge in [-0.3, -0.25) is 4.79 Å². The van der Waals surface area contributed by atoms with E-state index in [1.54, 1.807) is 25.1 Å². The second-order valence-electron chi connectivity index (χ2n) is 3.87. The molecule has 0 aliphatic carbocycles. The number of ether oxygens (including phenoxy) is 1. The molecular weight excluding hydrogens is 254 g/mol. The van der Waals surface area contributed by atoms with Crippen molar-refractivity contribution in [1.82, 2.24) is 5.16 Å². The Hall–Kier alpha value is -1.81. The molecule has 0 amide bonds. The van der Waals surface area contributed by atoms with Gasteiger partial charge in [-0.2, -0.15) is 0 Å². The van der Waals surface area contributed by atoms with Crippen LogP contribution in [-0.4, -0.2) is 11.1 Å². The Bertz CT molecular complexity index is 548. The molecule has 1 atom stereocenters. The molecule has 1 aromatic carbocycles. The summed E-state index contributed by atoms with van der Waals surface area (Å²) >= 11 is 5.81. The van der Waals surface area contributed by atoms with Crippen molar-refractivity contribution in [3.63, 3.8) is 0 Å². The number of hydrogen-bond donors (Lipinski definition) is 0. The van der Waals surface area contributed by atoms with Crippen LogP contribution in [0.2, 0.25) is 5.02 Å². The molecule has 0 spiro atoms. The zero-order chi connectivity index (χ0) is 13.1. The van der Waals surface area contributed by atoms with Crippen LogP contribution in [0.4, 0.5) is 0 Å². The Morgan fingerprint density at radius 3 is 2.67 bits per heavy atom. The highest BCUT2D eigenvalue weighted by atomic mass is 35.5. The van der Waals surface area contributed by atoms with E-state index in [-0.39, 0.29) is 5.97 Å². The van der Waals surface area contributed by atoms with E-state index in [4.69, 9.17) is 20.9 Å². The molecule has 0 fully saturated rings. The molecular formula is C13H12ClNO3. The molecule has 0 aliphatic heterocycles. The predicted octanol–water partition coefficient (Wildman–Crippen LogP) is 3.62. The van der Waals surface area contributed by atoms with Gasteiger partial charge in [-0.25, -0.2) is 0 Å². The molecule has 1 heterocycles. The summed E-state index contributed by atoms with van der Waals surface area (Å²) in [6.45, 7) is 3.08.